The highest BCUT2D eigenvalue weighted by Crippen LogP contribution is 2.13. The van der Waals surface area contributed by atoms with E-state index >= 15 is 0 Å². The van der Waals surface area contributed by atoms with E-state index in [1.54, 1.807) is 4.52 Å². The molecule has 0 fully saturated rings. The van der Waals surface area contributed by atoms with Crippen molar-refractivity contribution in [2.45, 2.75) is 13.8 Å². The summed E-state index contributed by atoms with van der Waals surface area (Å²) in [4.78, 5) is 4.15. The molecule has 2 heterocycles. The van der Waals surface area contributed by atoms with E-state index in [-0.39, 0.29) is 12.5 Å². The molecule has 0 spiro atoms. The van der Waals surface area contributed by atoms with Crippen molar-refractivity contribution in [3.63, 3.8) is 0 Å². The van der Waals surface area contributed by atoms with Crippen LogP contribution in [0.3, 0.4) is 0 Å². The number of nitrogens with one attached hydrogen (secondary N) is 1. The normalized spacial score (nSPS) is 12.9. The molecular formula is C11H16N4O. The Labute approximate surface area is 94.1 Å². The van der Waals surface area contributed by atoms with Crippen LogP contribution in [0.2, 0.25) is 0 Å². The molecule has 0 aliphatic rings. The Kier molecular flexibility index (Phi) is 3.05. The van der Waals surface area contributed by atoms with Crippen LogP contribution in [0, 0.1) is 12.8 Å². The van der Waals surface area contributed by atoms with E-state index < -0.39 is 0 Å². The molecule has 0 aliphatic carbocycles. The zero-order valence-electron chi connectivity index (χ0n) is 9.51. The van der Waals surface area contributed by atoms with Crippen LogP contribution >= 0.6 is 0 Å². The average molecular weight is 220 g/mol. The van der Waals surface area contributed by atoms with Crippen LogP contribution in [0.5, 0.6) is 0 Å². The summed E-state index contributed by atoms with van der Waals surface area (Å²) in [5.74, 6) is 1.13. The van der Waals surface area contributed by atoms with Gasteiger partial charge in [0.25, 0.3) is 0 Å². The molecule has 16 heavy (non-hydrogen) atoms. The van der Waals surface area contributed by atoms with Crippen LogP contribution in [0.1, 0.15) is 12.5 Å². The predicted molar refractivity (Wildman–Crippen MR) is 62.5 cm³/mol. The van der Waals surface area contributed by atoms with Crippen molar-refractivity contribution < 1.29 is 5.11 Å². The zero-order chi connectivity index (χ0) is 11.5. The van der Waals surface area contributed by atoms with Crippen molar-refractivity contribution in [2.75, 3.05) is 18.5 Å². The molecule has 86 valence electrons. The maximum absolute atomic E-state index is 8.97. The highest BCUT2D eigenvalue weighted by Gasteiger charge is 2.05. The third-order valence-electron chi connectivity index (χ3n) is 2.47. The molecule has 2 aromatic rings. The summed E-state index contributed by atoms with van der Waals surface area (Å²) in [6.07, 6.45) is 1.54. The largest absolute Gasteiger partial charge is 0.396 e. The molecular weight excluding hydrogens is 204 g/mol. The van der Waals surface area contributed by atoms with E-state index in [0.717, 1.165) is 23.6 Å². The maximum atomic E-state index is 8.97. The highest BCUT2D eigenvalue weighted by atomic mass is 16.3. The topological polar surface area (TPSA) is 62.5 Å². The molecule has 0 saturated heterocycles. The summed E-state index contributed by atoms with van der Waals surface area (Å²) >= 11 is 0. The molecule has 1 atom stereocenters. The third-order valence-corrected chi connectivity index (χ3v) is 2.47. The van der Waals surface area contributed by atoms with E-state index in [2.05, 4.69) is 15.4 Å². The van der Waals surface area contributed by atoms with Crippen molar-refractivity contribution in [3.05, 3.63) is 24.0 Å². The molecule has 2 aromatic heterocycles. The summed E-state index contributed by atoms with van der Waals surface area (Å²) in [7, 11) is 0. The van der Waals surface area contributed by atoms with Gasteiger partial charge in [-0.25, -0.2) is 4.98 Å². The number of aliphatic hydroxyl groups is 1. The quantitative estimate of drug-likeness (QED) is 0.809. The number of aromatic nitrogens is 3. The lowest BCUT2D eigenvalue weighted by atomic mass is 10.2. The highest BCUT2D eigenvalue weighted by molar-refractivity contribution is 5.51. The van der Waals surface area contributed by atoms with Gasteiger partial charge in [-0.15, -0.1) is 0 Å². The van der Waals surface area contributed by atoms with Crippen molar-refractivity contribution in [2.24, 2.45) is 5.92 Å². The van der Waals surface area contributed by atoms with Gasteiger partial charge in [0, 0.05) is 13.2 Å². The zero-order valence-corrected chi connectivity index (χ0v) is 9.51. The number of aliphatic hydroxyl groups excluding tert-OH is 1. The van der Waals surface area contributed by atoms with Gasteiger partial charge in [-0.05, 0) is 30.5 Å². The molecule has 5 nitrogen and oxygen atoms in total. The lowest BCUT2D eigenvalue weighted by Gasteiger charge is -2.12. The molecule has 2 rings (SSSR count). The minimum atomic E-state index is 0.180. The smallest absolute Gasteiger partial charge is 0.157 e. The SMILES string of the molecule is Cc1cc(NCC(C)CO)n2ncnc2c1. The second kappa shape index (κ2) is 4.49. The van der Waals surface area contributed by atoms with E-state index in [4.69, 9.17) is 5.11 Å². The van der Waals surface area contributed by atoms with Gasteiger partial charge in [0.1, 0.15) is 12.1 Å². The first-order chi connectivity index (χ1) is 7.70. The first-order valence-electron chi connectivity index (χ1n) is 5.36. The summed E-state index contributed by atoms with van der Waals surface area (Å²) in [5.41, 5.74) is 1.97. The lowest BCUT2D eigenvalue weighted by molar-refractivity contribution is 0.244. The average Bonchev–Trinajstić information content (AvgIpc) is 2.73. The van der Waals surface area contributed by atoms with Crippen LogP contribution in [0.15, 0.2) is 18.5 Å². The molecule has 0 radical (unpaired) electrons. The van der Waals surface area contributed by atoms with E-state index in [1.165, 1.54) is 6.33 Å². The summed E-state index contributed by atoms with van der Waals surface area (Å²) < 4.78 is 1.76. The van der Waals surface area contributed by atoms with Gasteiger partial charge in [0.05, 0.1) is 0 Å². The number of aryl methyl sites for hydroxylation is 1. The van der Waals surface area contributed by atoms with Gasteiger partial charge in [-0.1, -0.05) is 6.92 Å². The first kappa shape index (κ1) is 10.9. The second-order valence-electron chi connectivity index (χ2n) is 4.12. The van der Waals surface area contributed by atoms with Crippen LogP contribution < -0.4 is 5.32 Å². The Hall–Kier alpha value is -1.62. The fourth-order valence-electron chi connectivity index (χ4n) is 1.53. The molecule has 2 N–H and O–H groups in total. The maximum Gasteiger partial charge on any atom is 0.157 e. The van der Waals surface area contributed by atoms with Crippen LogP contribution in [-0.4, -0.2) is 32.9 Å². The Balaban J connectivity index is 2.25. The number of anilines is 1. The molecule has 0 aliphatic heterocycles. The predicted octanol–water partition coefficient (Wildman–Crippen LogP) is 1.08. The summed E-state index contributed by atoms with van der Waals surface area (Å²) in [6.45, 7) is 4.91. The summed E-state index contributed by atoms with van der Waals surface area (Å²) in [5, 5.41) is 16.4. The number of nitrogens with zero attached hydrogens (tertiary/aromatic N) is 3. The number of fused-ring (bicyclic) bond motifs is 1. The van der Waals surface area contributed by atoms with E-state index in [1.807, 2.05) is 26.0 Å². The van der Waals surface area contributed by atoms with Crippen molar-refractivity contribution in [1.29, 1.82) is 0 Å². The van der Waals surface area contributed by atoms with Crippen molar-refractivity contribution >= 4 is 11.5 Å². The number of hydrogen-bond acceptors (Lipinski definition) is 4. The molecule has 0 amide bonds. The first-order valence-corrected chi connectivity index (χ1v) is 5.36. The monoisotopic (exact) mass is 220 g/mol. The number of pyridine rings is 1. The van der Waals surface area contributed by atoms with Gasteiger partial charge < -0.3 is 10.4 Å². The van der Waals surface area contributed by atoms with Crippen LogP contribution in [-0.2, 0) is 0 Å². The lowest BCUT2D eigenvalue weighted by Crippen LogP contribution is -2.16. The van der Waals surface area contributed by atoms with Crippen molar-refractivity contribution in [3.8, 4) is 0 Å². The van der Waals surface area contributed by atoms with E-state index in [9.17, 15) is 0 Å². The van der Waals surface area contributed by atoms with Gasteiger partial charge in [0.2, 0.25) is 0 Å². The van der Waals surface area contributed by atoms with Crippen molar-refractivity contribution in [1.82, 2.24) is 14.6 Å². The fourth-order valence-corrected chi connectivity index (χ4v) is 1.53. The number of hydrogen-bond donors (Lipinski definition) is 2. The Morgan fingerprint density at radius 1 is 1.50 bits per heavy atom. The molecule has 0 aromatic carbocycles. The standard InChI is InChI=1S/C11H16N4O/c1-8-3-10(12-5-9(2)6-16)15-11(4-8)13-7-14-15/h3-4,7,9,12,16H,5-6H2,1-2H3. The van der Waals surface area contributed by atoms with Crippen LogP contribution in [0.25, 0.3) is 5.65 Å². The fraction of sp³-hybridized carbons (Fsp3) is 0.455. The number of rotatable bonds is 4. The molecule has 0 bridgehead atoms. The van der Waals surface area contributed by atoms with Gasteiger partial charge in [0.15, 0.2) is 5.65 Å². The van der Waals surface area contributed by atoms with E-state index in [0.29, 0.717) is 0 Å². The van der Waals surface area contributed by atoms with Gasteiger partial charge in [-0.3, -0.25) is 0 Å². The summed E-state index contributed by atoms with van der Waals surface area (Å²) in [6, 6.07) is 4.00. The molecule has 0 saturated carbocycles. The van der Waals surface area contributed by atoms with Crippen LogP contribution in [0.4, 0.5) is 5.82 Å². The van der Waals surface area contributed by atoms with Gasteiger partial charge >= 0.3 is 0 Å². The molecule has 5 heteroatoms. The Bertz CT molecular complexity index is 480. The Morgan fingerprint density at radius 3 is 3.06 bits per heavy atom. The Morgan fingerprint density at radius 2 is 2.31 bits per heavy atom. The molecule has 1 unspecified atom stereocenters. The second-order valence-corrected chi connectivity index (χ2v) is 4.12. The minimum absolute atomic E-state index is 0.180. The van der Waals surface area contributed by atoms with Gasteiger partial charge in [-0.2, -0.15) is 9.61 Å². The minimum Gasteiger partial charge on any atom is -0.396 e. The third kappa shape index (κ3) is 2.14.